The van der Waals surface area contributed by atoms with Crippen molar-refractivity contribution in [2.24, 2.45) is 5.10 Å². The van der Waals surface area contributed by atoms with Crippen molar-refractivity contribution in [2.75, 3.05) is 10.8 Å². The Balaban J connectivity index is 1.82. The van der Waals surface area contributed by atoms with Crippen LogP contribution in [0.4, 0.5) is 15.8 Å². The van der Waals surface area contributed by atoms with Gasteiger partial charge >= 0.3 is 0 Å². The average Bonchev–Trinajstić information content (AvgIpc) is 2.80. The van der Waals surface area contributed by atoms with E-state index in [0.29, 0.717) is 0 Å². The number of nitro benzene ring substituents is 1. The number of amides is 1. The third kappa shape index (κ3) is 5.90. The van der Waals surface area contributed by atoms with E-state index in [1.54, 1.807) is 6.07 Å². The number of carbonyl (C=O) groups excluding carboxylic acids is 1. The fraction of sp³-hybridized carbons (Fsp3) is 0.0476. The number of hydrogen-bond acceptors (Lipinski definition) is 6. The molecule has 0 aliphatic rings. The topological polar surface area (TPSA) is 122 Å². The monoisotopic (exact) mass is 490 g/mol. The molecule has 0 atom stereocenters. The summed E-state index contributed by atoms with van der Waals surface area (Å²) >= 11 is 5.98. The summed E-state index contributed by atoms with van der Waals surface area (Å²) in [5.41, 5.74) is 2.19. The largest absolute Gasteiger partial charge is 0.271 e. The van der Waals surface area contributed by atoms with Gasteiger partial charge in [-0.25, -0.2) is 18.2 Å². The van der Waals surface area contributed by atoms with Crippen LogP contribution in [0.2, 0.25) is 5.02 Å². The van der Waals surface area contributed by atoms with Crippen molar-refractivity contribution in [2.45, 2.75) is 4.90 Å². The molecule has 33 heavy (non-hydrogen) atoms. The Morgan fingerprint density at radius 3 is 2.42 bits per heavy atom. The van der Waals surface area contributed by atoms with Crippen LogP contribution in [0, 0.1) is 15.9 Å². The number of hydrogen-bond donors (Lipinski definition) is 1. The van der Waals surface area contributed by atoms with Crippen LogP contribution in [0.15, 0.2) is 82.8 Å². The second kappa shape index (κ2) is 10.2. The number of anilines is 1. The fourth-order valence-electron chi connectivity index (χ4n) is 2.73. The molecule has 12 heteroatoms. The molecule has 170 valence electrons. The number of non-ortho nitro benzene ring substituents is 1. The maximum absolute atomic E-state index is 13.4. The van der Waals surface area contributed by atoms with Crippen LogP contribution >= 0.6 is 11.6 Å². The lowest BCUT2D eigenvalue weighted by atomic mass is 10.2. The van der Waals surface area contributed by atoms with Gasteiger partial charge in [-0.1, -0.05) is 29.8 Å². The predicted octanol–water partition coefficient (Wildman–Crippen LogP) is 3.73. The first-order chi connectivity index (χ1) is 15.7. The molecular formula is C21H16ClFN4O5S. The minimum atomic E-state index is -4.16. The molecule has 0 unspecified atom stereocenters. The zero-order valence-corrected chi connectivity index (χ0v) is 18.3. The van der Waals surface area contributed by atoms with Crippen LogP contribution in [0.3, 0.4) is 0 Å². The highest BCUT2D eigenvalue weighted by atomic mass is 35.5. The molecular weight excluding hydrogens is 475 g/mol. The van der Waals surface area contributed by atoms with Crippen molar-refractivity contribution in [1.29, 1.82) is 0 Å². The number of nitro groups is 1. The van der Waals surface area contributed by atoms with Crippen LogP contribution in [-0.2, 0) is 14.8 Å². The lowest BCUT2D eigenvalue weighted by molar-refractivity contribution is -0.384. The molecule has 1 amide bonds. The summed E-state index contributed by atoms with van der Waals surface area (Å²) in [6, 6.07) is 15.7. The molecule has 0 fully saturated rings. The molecule has 0 bridgehead atoms. The number of sulfonamides is 1. The average molecular weight is 491 g/mol. The van der Waals surface area contributed by atoms with Crippen LogP contribution in [0.5, 0.6) is 0 Å². The zero-order valence-electron chi connectivity index (χ0n) is 16.8. The van der Waals surface area contributed by atoms with E-state index in [4.69, 9.17) is 11.6 Å². The second-order valence-electron chi connectivity index (χ2n) is 6.56. The molecule has 0 aliphatic carbocycles. The van der Waals surface area contributed by atoms with Gasteiger partial charge in [-0.15, -0.1) is 0 Å². The molecule has 1 N–H and O–H groups in total. The Hall–Kier alpha value is -3.83. The Morgan fingerprint density at radius 1 is 1.12 bits per heavy atom. The highest BCUT2D eigenvalue weighted by molar-refractivity contribution is 7.92. The van der Waals surface area contributed by atoms with Gasteiger partial charge in [-0.3, -0.25) is 19.2 Å². The summed E-state index contributed by atoms with van der Waals surface area (Å²) in [6.45, 7) is -0.664. The summed E-state index contributed by atoms with van der Waals surface area (Å²) < 4.78 is 40.4. The minimum Gasteiger partial charge on any atom is -0.271 e. The number of hydrazone groups is 1. The molecule has 0 spiro atoms. The number of nitrogens with zero attached hydrogens (tertiary/aromatic N) is 3. The zero-order chi connectivity index (χ0) is 24.0. The lowest BCUT2D eigenvalue weighted by Crippen LogP contribution is -2.39. The third-order valence-corrected chi connectivity index (χ3v) is 6.45. The van der Waals surface area contributed by atoms with Gasteiger partial charge in [0, 0.05) is 22.7 Å². The Kier molecular flexibility index (Phi) is 7.36. The maximum Gasteiger partial charge on any atom is 0.270 e. The first-order valence-electron chi connectivity index (χ1n) is 9.27. The van der Waals surface area contributed by atoms with Gasteiger partial charge < -0.3 is 0 Å². The highest BCUT2D eigenvalue weighted by Gasteiger charge is 2.27. The van der Waals surface area contributed by atoms with E-state index in [1.165, 1.54) is 54.6 Å². The molecule has 3 aromatic rings. The molecule has 3 aromatic carbocycles. The summed E-state index contributed by atoms with van der Waals surface area (Å²) in [4.78, 5) is 22.7. The van der Waals surface area contributed by atoms with Gasteiger partial charge in [0.2, 0.25) is 0 Å². The number of benzene rings is 3. The number of halogens is 2. The Morgan fingerprint density at radius 2 is 1.79 bits per heavy atom. The number of nitrogens with one attached hydrogen (secondary N) is 1. The van der Waals surface area contributed by atoms with Crippen molar-refractivity contribution in [1.82, 2.24) is 5.43 Å². The molecule has 0 aliphatic heterocycles. The van der Waals surface area contributed by atoms with Crippen molar-refractivity contribution < 1.29 is 22.5 Å². The normalized spacial score (nSPS) is 11.3. The predicted molar refractivity (Wildman–Crippen MR) is 121 cm³/mol. The molecule has 0 saturated carbocycles. The van der Waals surface area contributed by atoms with Gasteiger partial charge in [0.25, 0.3) is 21.6 Å². The standard InChI is InChI=1S/C21H16ClFN4O5S/c22-20-11-10-18(27(29)30)12-15(20)13-24-25-21(28)14-26(17-8-6-16(23)7-9-17)33(31,32)19-4-2-1-3-5-19/h1-13H,14H2,(H,25,28)/b24-13+. The molecule has 0 radical (unpaired) electrons. The van der Waals surface area contributed by atoms with Crippen LogP contribution in [0.25, 0.3) is 0 Å². The van der Waals surface area contributed by atoms with Crippen LogP contribution < -0.4 is 9.73 Å². The Bertz CT molecular complexity index is 1300. The molecule has 3 rings (SSSR count). The molecule has 0 heterocycles. The van der Waals surface area contributed by atoms with Crippen molar-refractivity contribution in [3.8, 4) is 0 Å². The third-order valence-electron chi connectivity index (χ3n) is 4.32. The van der Waals surface area contributed by atoms with Gasteiger partial charge in [0.05, 0.1) is 21.7 Å². The summed E-state index contributed by atoms with van der Waals surface area (Å²) in [7, 11) is -4.16. The first-order valence-corrected chi connectivity index (χ1v) is 11.1. The van der Waals surface area contributed by atoms with Gasteiger partial charge in [0.15, 0.2) is 0 Å². The Labute approximate surface area is 193 Å². The van der Waals surface area contributed by atoms with Crippen molar-refractivity contribution in [3.05, 3.63) is 99.3 Å². The van der Waals surface area contributed by atoms with E-state index >= 15 is 0 Å². The van der Waals surface area contributed by atoms with E-state index in [9.17, 15) is 27.7 Å². The maximum atomic E-state index is 13.4. The van der Waals surface area contributed by atoms with E-state index in [0.717, 1.165) is 22.7 Å². The van der Waals surface area contributed by atoms with Crippen LogP contribution in [0.1, 0.15) is 5.56 Å². The number of rotatable bonds is 8. The highest BCUT2D eigenvalue weighted by Crippen LogP contribution is 2.24. The van der Waals surface area contributed by atoms with Gasteiger partial charge in [-0.2, -0.15) is 5.10 Å². The summed E-state index contributed by atoms with van der Waals surface area (Å²) in [5, 5.41) is 14.8. The van der Waals surface area contributed by atoms with Crippen LogP contribution in [-0.4, -0.2) is 32.0 Å². The van der Waals surface area contributed by atoms with Crippen molar-refractivity contribution in [3.63, 3.8) is 0 Å². The summed E-state index contributed by atoms with van der Waals surface area (Å²) in [6.07, 6.45) is 1.10. The minimum absolute atomic E-state index is 0.0611. The van der Waals surface area contributed by atoms with Gasteiger partial charge in [-0.05, 0) is 42.5 Å². The molecule has 9 nitrogen and oxygen atoms in total. The van der Waals surface area contributed by atoms with E-state index in [2.05, 4.69) is 10.5 Å². The molecule has 0 aromatic heterocycles. The second-order valence-corrected chi connectivity index (χ2v) is 8.83. The smallest absolute Gasteiger partial charge is 0.270 e. The van der Waals surface area contributed by atoms with Crippen molar-refractivity contribution >= 4 is 45.1 Å². The fourth-order valence-corrected chi connectivity index (χ4v) is 4.33. The number of carbonyl (C=O) groups is 1. The van der Waals surface area contributed by atoms with E-state index < -0.39 is 33.2 Å². The van der Waals surface area contributed by atoms with E-state index in [1.807, 2.05) is 0 Å². The first kappa shape index (κ1) is 23.8. The van der Waals surface area contributed by atoms with Gasteiger partial charge in [0.1, 0.15) is 12.4 Å². The van der Waals surface area contributed by atoms with E-state index in [-0.39, 0.29) is 26.9 Å². The molecule has 0 saturated heterocycles. The lowest BCUT2D eigenvalue weighted by Gasteiger charge is -2.23. The summed E-state index contributed by atoms with van der Waals surface area (Å²) in [5.74, 6) is -1.38. The quantitative estimate of drug-likeness (QED) is 0.293. The SMILES string of the molecule is O=C(CN(c1ccc(F)cc1)S(=O)(=O)c1ccccc1)N/N=C/c1cc([N+](=O)[O-])ccc1Cl.